The fourth-order valence-corrected chi connectivity index (χ4v) is 4.27. The van der Waals surface area contributed by atoms with Crippen LogP contribution in [0.5, 0.6) is 0 Å². The van der Waals surface area contributed by atoms with Crippen LogP contribution in [0, 0.1) is 0 Å². The van der Waals surface area contributed by atoms with Crippen LogP contribution >= 0.6 is 7.82 Å². The highest BCUT2D eigenvalue weighted by Gasteiger charge is 2.21. The molecule has 40 heavy (non-hydrogen) atoms. The molecule has 0 aromatic heterocycles. The van der Waals surface area contributed by atoms with Crippen LogP contribution in [0.15, 0.2) is 24.3 Å². The lowest BCUT2D eigenvalue weighted by molar-refractivity contribution is -0.870. The molecule has 234 valence electrons. The van der Waals surface area contributed by atoms with E-state index in [-0.39, 0.29) is 26.1 Å². The standard InChI is InChI=1S/C30H56NO8P/c1-6-8-9-10-11-12-13-14-15-16-17-18-19-20-21-23-30(33)39-28(26-36-29(32)22-7-2)27-38-40(34,35)37-25-24-31(3,4)5/h11-12,14-15,28H,6-10,13,16-27H2,1-5H3/b12-11-,15-14-. The summed E-state index contributed by atoms with van der Waals surface area (Å²) in [5.41, 5.74) is 0. The lowest BCUT2D eigenvalue weighted by Gasteiger charge is -2.28. The maximum Gasteiger partial charge on any atom is 0.306 e. The molecule has 0 aromatic carbocycles. The summed E-state index contributed by atoms with van der Waals surface area (Å²) < 4.78 is 32.9. The van der Waals surface area contributed by atoms with Crippen molar-refractivity contribution in [2.24, 2.45) is 0 Å². The predicted octanol–water partition coefficient (Wildman–Crippen LogP) is 6.26. The van der Waals surface area contributed by atoms with Crippen molar-refractivity contribution in [3.8, 4) is 0 Å². The maximum atomic E-state index is 12.4. The number of carbonyl (C=O) groups excluding carboxylic acids is 2. The van der Waals surface area contributed by atoms with Gasteiger partial charge in [-0.1, -0.05) is 70.3 Å². The summed E-state index contributed by atoms with van der Waals surface area (Å²) in [5, 5.41) is 0. The lowest BCUT2D eigenvalue weighted by atomic mass is 10.1. The normalized spacial score (nSPS) is 14.4. The Morgan fingerprint density at radius 1 is 0.775 bits per heavy atom. The van der Waals surface area contributed by atoms with Crippen molar-refractivity contribution < 1.29 is 42.1 Å². The van der Waals surface area contributed by atoms with Gasteiger partial charge in [0.05, 0.1) is 27.7 Å². The molecule has 0 saturated carbocycles. The second kappa shape index (κ2) is 24.1. The second-order valence-electron chi connectivity index (χ2n) is 11.1. The third kappa shape index (κ3) is 26.7. The quantitative estimate of drug-likeness (QED) is 0.0382. The Labute approximate surface area is 243 Å². The van der Waals surface area contributed by atoms with E-state index in [0.29, 0.717) is 23.9 Å². The highest BCUT2D eigenvalue weighted by molar-refractivity contribution is 7.45. The summed E-state index contributed by atoms with van der Waals surface area (Å²) in [5.74, 6) is -0.917. The predicted molar refractivity (Wildman–Crippen MR) is 158 cm³/mol. The van der Waals surface area contributed by atoms with E-state index in [1.165, 1.54) is 25.7 Å². The van der Waals surface area contributed by atoms with E-state index in [4.69, 9.17) is 18.5 Å². The van der Waals surface area contributed by atoms with E-state index in [1.54, 1.807) is 0 Å². The highest BCUT2D eigenvalue weighted by atomic mass is 31.2. The second-order valence-corrected chi connectivity index (χ2v) is 12.5. The van der Waals surface area contributed by atoms with Gasteiger partial charge in [-0.2, -0.15) is 0 Å². The average molecular weight is 590 g/mol. The van der Waals surface area contributed by atoms with E-state index >= 15 is 0 Å². The molecular weight excluding hydrogens is 533 g/mol. The van der Waals surface area contributed by atoms with Gasteiger partial charge in [0.2, 0.25) is 0 Å². The Balaban J connectivity index is 4.27. The molecule has 0 heterocycles. The molecule has 0 aliphatic rings. The highest BCUT2D eigenvalue weighted by Crippen LogP contribution is 2.38. The first kappa shape index (κ1) is 38.5. The molecule has 0 radical (unpaired) electrons. The van der Waals surface area contributed by atoms with Crippen molar-refractivity contribution in [3.05, 3.63) is 24.3 Å². The number of allylic oxidation sites excluding steroid dienone is 4. The largest absolute Gasteiger partial charge is 0.756 e. The van der Waals surface area contributed by atoms with Crippen LogP contribution in [-0.4, -0.2) is 70.0 Å². The zero-order chi connectivity index (χ0) is 30.1. The van der Waals surface area contributed by atoms with Gasteiger partial charge in [-0.3, -0.25) is 14.2 Å². The molecule has 0 amide bonds. The molecule has 0 spiro atoms. The lowest BCUT2D eigenvalue weighted by Crippen LogP contribution is -2.37. The molecule has 0 saturated heterocycles. The molecule has 0 N–H and O–H groups in total. The van der Waals surface area contributed by atoms with Gasteiger partial charge in [-0.05, 0) is 44.9 Å². The molecule has 0 aliphatic heterocycles. The summed E-state index contributed by atoms with van der Waals surface area (Å²) in [6.45, 7) is 3.75. The van der Waals surface area contributed by atoms with Crippen molar-refractivity contribution in [2.45, 2.75) is 110 Å². The number of carbonyl (C=O) groups is 2. The minimum atomic E-state index is -4.59. The number of likely N-dealkylation sites (N-methyl/N-ethyl adjacent to an activating group) is 1. The molecule has 0 bridgehead atoms. The Hall–Kier alpha value is -1.51. The zero-order valence-electron chi connectivity index (χ0n) is 25.8. The van der Waals surface area contributed by atoms with Crippen LogP contribution in [0.4, 0.5) is 0 Å². The van der Waals surface area contributed by atoms with Crippen molar-refractivity contribution >= 4 is 19.8 Å². The first-order valence-corrected chi connectivity index (χ1v) is 16.5. The first-order valence-electron chi connectivity index (χ1n) is 15.0. The Morgan fingerprint density at radius 2 is 1.40 bits per heavy atom. The average Bonchev–Trinajstić information content (AvgIpc) is 2.87. The van der Waals surface area contributed by atoms with Gasteiger partial charge in [0.1, 0.15) is 19.8 Å². The summed E-state index contributed by atoms with van der Waals surface area (Å²) in [6.07, 6.45) is 20.9. The van der Waals surface area contributed by atoms with E-state index in [2.05, 4.69) is 31.2 Å². The number of unbranched alkanes of at least 4 members (excludes halogenated alkanes) is 8. The number of rotatable bonds is 26. The molecule has 10 heteroatoms. The Morgan fingerprint density at radius 3 is 2.02 bits per heavy atom. The van der Waals surface area contributed by atoms with E-state index in [1.807, 2.05) is 28.1 Å². The van der Waals surface area contributed by atoms with Crippen LogP contribution in [0.3, 0.4) is 0 Å². The van der Waals surface area contributed by atoms with Gasteiger partial charge >= 0.3 is 11.9 Å². The van der Waals surface area contributed by atoms with Crippen molar-refractivity contribution in [3.63, 3.8) is 0 Å². The minimum absolute atomic E-state index is 0.0347. The first-order chi connectivity index (χ1) is 19.0. The number of phosphoric acid groups is 1. The summed E-state index contributed by atoms with van der Waals surface area (Å²) in [7, 11) is 1.14. The van der Waals surface area contributed by atoms with E-state index in [9.17, 15) is 19.0 Å². The molecule has 2 atom stereocenters. The van der Waals surface area contributed by atoms with E-state index < -0.39 is 32.5 Å². The fraction of sp³-hybridized carbons (Fsp3) is 0.800. The van der Waals surface area contributed by atoms with Gasteiger partial charge in [0, 0.05) is 12.8 Å². The van der Waals surface area contributed by atoms with Gasteiger partial charge in [0.15, 0.2) is 6.10 Å². The van der Waals surface area contributed by atoms with Crippen LogP contribution in [0.1, 0.15) is 104 Å². The number of phosphoric ester groups is 1. The smallest absolute Gasteiger partial charge is 0.306 e. The Kier molecular flexibility index (Phi) is 23.2. The van der Waals surface area contributed by atoms with Gasteiger partial charge in [-0.25, -0.2) is 0 Å². The van der Waals surface area contributed by atoms with Crippen LogP contribution in [0.25, 0.3) is 0 Å². The summed E-state index contributed by atoms with van der Waals surface area (Å²) >= 11 is 0. The molecule has 2 unspecified atom stereocenters. The van der Waals surface area contributed by atoms with Crippen molar-refractivity contribution in [1.29, 1.82) is 0 Å². The molecular formula is C30H56NO8P. The number of hydrogen-bond acceptors (Lipinski definition) is 8. The third-order valence-electron chi connectivity index (χ3n) is 5.94. The number of nitrogens with zero attached hydrogens (tertiary/aromatic N) is 1. The van der Waals surface area contributed by atoms with Gasteiger partial charge < -0.3 is 27.9 Å². The number of ether oxygens (including phenoxy) is 2. The monoisotopic (exact) mass is 589 g/mol. The Bertz CT molecular complexity index is 763. The number of esters is 2. The van der Waals surface area contributed by atoms with Crippen LogP contribution < -0.4 is 4.89 Å². The zero-order valence-corrected chi connectivity index (χ0v) is 26.7. The molecule has 0 aliphatic carbocycles. The van der Waals surface area contributed by atoms with E-state index in [0.717, 1.165) is 38.5 Å². The molecule has 0 aromatic rings. The molecule has 0 rings (SSSR count). The van der Waals surface area contributed by atoms with Crippen LogP contribution in [0.2, 0.25) is 0 Å². The van der Waals surface area contributed by atoms with Crippen molar-refractivity contribution in [2.75, 3.05) is 47.5 Å². The number of quaternary nitrogens is 1. The SMILES string of the molecule is CCCCC/C=C\C/C=C\CCCCCCCC(=O)OC(COC(=O)CCC)COP(=O)([O-])OCC[N+](C)(C)C. The summed E-state index contributed by atoms with van der Waals surface area (Å²) in [6, 6.07) is 0. The topological polar surface area (TPSA) is 111 Å². The minimum Gasteiger partial charge on any atom is -0.756 e. The maximum absolute atomic E-state index is 12.4. The van der Waals surface area contributed by atoms with Gasteiger partial charge in [0.25, 0.3) is 7.82 Å². The fourth-order valence-electron chi connectivity index (χ4n) is 3.54. The van der Waals surface area contributed by atoms with Gasteiger partial charge in [-0.15, -0.1) is 0 Å². The summed E-state index contributed by atoms with van der Waals surface area (Å²) in [4.78, 5) is 36.2. The van der Waals surface area contributed by atoms with Crippen molar-refractivity contribution in [1.82, 2.24) is 0 Å². The molecule has 9 nitrogen and oxygen atoms in total. The van der Waals surface area contributed by atoms with Crippen LogP contribution in [-0.2, 0) is 32.7 Å². The molecule has 0 fully saturated rings. The third-order valence-corrected chi connectivity index (χ3v) is 6.91. The number of hydrogen-bond donors (Lipinski definition) is 0.